The van der Waals surface area contributed by atoms with Crippen LogP contribution in [0.25, 0.3) is 11.2 Å². The zero-order chi connectivity index (χ0) is 22.2. The number of aryl methyl sites for hydroxylation is 2. The van der Waals surface area contributed by atoms with Gasteiger partial charge in [0.05, 0.1) is 6.33 Å². The lowest BCUT2D eigenvalue weighted by Gasteiger charge is -2.36. The van der Waals surface area contributed by atoms with Crippen LogP contribution >= 0.6 is 11.6 Å². The van der Waals surface area contributed by atoms with Crippen molar-refractivity contribution in [2.45, 2.75) is 83.5 Å². The van der Waals surface area contributed by atoms with Crippen molar-refractivity contribution in [3.63, 3.8) is 0 Å². The van der Waals surface area contributed by atoms with Crippen LogP contribution in [0.5, 0.6) is 5.75 Å². The van der Waals surface area contributed by atoms with Gasteiger partial charge in [-0.2, -0.15) is 0 Å². The normalized spacial score (nSPS) is 15.7. The Hall–Kier alpha value is -1.92. The summed E-state index contributed by atoms with van der Waals surface area (Å²) < 4.78 is 8.58. The molecule has 1 aliphatic rings. The van der Waals surface area contributed by atoms with Crippen molar-refractivity contribution in [2.24, 2.45) is 0 Å². The van der Waals surface area contributed by atoms with Gasteiger partial charge >= 0.3 is 0 Å². The highest BCUT2D eigenvalue weighted by Gasteiger charge is 2.38. The average molecular weight is 457 g/mol. The first-order valence-corrected chi connectivity index (χ1v) is 14.6. The fourth-order valence-electron chi connectivity index (χ4n) is 3.92. The van der Waals surface area contributed by atoms with Crippen LogP contribution in [0.1, 0.15) is 63.8 Å². The van der Waals surface area contributed by atoms with E-state index in [0.717, 1.165) is 43.0 Å². The molecule has 5 nitrogen and oxygen atoms in total. The first-order valence-electron chi connectivity index (χ1n) is 11.3. The number of hydrogen-bond donors (Lipinski definition) is 0. The Morgan fingerprint density at radius 3 is 2.61 bits per heavy atom. The first kappa shape index (κ1) is 22.3. The van der Waals surface area contributed by atoms with Gasteiger partial charge in [-0.15, -0.1) is 0 Å². The van der Waals surface area contributed by atoms with E-state index in [1.807, 2.05) is 6.33 Å². The van der Waals surface area contributed by atoms with Crippen LogP contribution in [0.2, 0.25) is 23.3 Å². The summed E-state index contributed by atoms with van der Waals surface area (Å²) in [4.78, 5) is 13.9. The number of nitrogens with zero attached hydrogens (tertiary/aromatic N) is 4. The van der Waals surface area contributed by atoms with Gasteiger partial charge in [0.1, 0.15) is 17.1 Å². The van der Waals surface area contributed by atoms with E-state index in [2.05, 4.69) is 72.7 Å². The summed E-state index contributed by atoms with van der Waals surface area (Å²) in [7, 11) is -1.85. The Balaban J connectivity index is 1.52. The third-order valence-corrected chi connectivity index (χ3v) is 11.5. The molecule has 166 valence electrons. The molecule has 0 saturated heterocycles. The molecule has 0 N–H and O–H groups in total. The fourth-order valence-corrected chi connectivity index (χ4v) is 5.16. The minimum Gasteiger partial charge on any atom is -0.543 e. The molecular weight excluding hydrogens is 424 g/mol. The molecular formula is C24H33ClN4OSi. The molecule has 0 spiro atoms. The molecule has 2 aromatic heterocycles. The summed E-state index contributed by atoms with van der Waals surface area (Å²) >= 11 is 6.45. The molecule has 2 heterocycles. The highest BCUT2D eigenvalue weighted by molar-refractivity contribution is 6.74. The Morgan fingerprint density at radius 1 is 1.16 bits per heavy atom. The lowest BCUT2D eigenvalue weighted by atomic mass is 10.1. The summed E-state index contributed by atoms with van der Waals surface area (Å²) in [6.07, 6.45) is 7.50. The zero-order valence-electron chi connectivity index (χ0n) is 19.3. The van der Waals surface area contributed by atoms with E-state index in [1.54, 1.807) is 0 Å². The highest BCUT2D eigenvalue weighted by atomic mass is 35.5. The van der Waals surface area contributed by atoms with Crippen molar-refractivity contribution in [1.82, 2.24) is 19.5 Å². The van der Waals surface area contributed by atoms with E-state index >= 15 is 0 Å². The minimum absolute atomic E-state index is 0.175. The highest BCUT2D eigenvalue weighted by Crippen LogP contribution is 2.37. The second kappa shape index (κ2) is 8.55. The largest absolute Gasteiger partial charge is 0.543 e. The lowest BCUT2D eigenvalue weighted by molar-refractivity contribution is 0.491. The lowest BCUT2D eigenvalue weighted by Crippen LogP contribution is -2.43. The van der Waals surface area contributed by atoms with E-state index < -0.39 is 8.32 Å². The van der Waals surface area contributed by atoms with E-state index in [4.69, 9.17) is 21.0 Å². The average Bonchev–Trinajstić information content (AvgIpc) is 3.36. The molecule has 0 amide bonds. The van der Waals surface area contributed by atoms with Crippen molar-refractivity contribution < 1.29 is 4.43 Å². The summed E-state index contributed by atoms with van der Waals surface area (Å²) in [6, 6.07) is 8.48. The molecule has 1 aromatic carbocycles. The predicted octanol–water partition coefficient (Wildman–Crippen LogP) is 6.76. The fraction of sp³-hybridized carbons (Fsp3) is 0.542. The predicted molar refractivity (Wildman–Crippen MR) is 130 cm³/mol. The SMILES string of the molecule is CC(C)(C)[Si](C)(C)Oc1cccc(CCn2cnc3c(Cl)nc(C4CCCC4)nc32)c1. The monoisotopic (exact) mass is 456 g/mol. The summed E-state index contributed by atoms with van der Waals surface area (Å²) in [5.41, 5.74) is 2.78. The number of hydrogen-bond acceptors (Lipinski definition) is 4. The summed E-state index contributed by atoms with van der Waals surface area (Å²) in [6.45, 7) is 12.1. The molecule has 1 saturated carbocycles. The van der Waals surface area contributed by atoms with Crippen LogP contribution in [0.15, 0.2) is 30.6 Å². The Labute approximate surface area is 191 Å². The van der Waals surface area contributed by atoms with Gasteiger partial charge in [-0.1, -0.05) is 57.3 Å². The third-order valence-electron chi connectivity index (χ3n) is 6.88. The second-order valence-electron chi connectivity index (χ2n) is 10.2. The van der Waals surface area contributed by atoms with Gasteiger partial charge in [-0.05, 0) is 55.1 Å². The number of halogens is 1. The van der Waals surface area contributed by atoms with Crippen LogP contribution in [-0.2, 0) is 13.0 Å². The van der Waals surface area contributed by atoms with Crippen molar-refractivity contribution in [3.8, 4) is 5.75 Å². The van der Waals surface area contributed by atoms with E-state index in [-0.39, 0.29) is 5.04 Å². The molecule has 3 aromatic rings. The van der Waals surface area contributed by atoms with Crippen LogP contribution in [-0.4, -0.2) is 27.8 Å². The van der Waals surface area contributed by atoms with Gasteiger partial charge in [0.15, 0.2) is 10.8 Å². The van der Waals surface area contributed by atoms with Crippen molar-refractivity contribution in [2.75, 3.05) is 0 Å². The Bertz CT molecular complexity index is 1070. The number of rotatable bonds is 6. The summed E-state index contributed by atoms with van der Waals surface area (Å²) in [5.74, 6) is 2.27. The molecule has 0 atom stereocenters. The van der Waals surface area contributed by atoms with Crippen LogP contribution in [0.4, 0.5) is 0 Å². The van der Waals surface area contributed by atoms with Gasteiger partial charge in [0, 0.05) is 12.5 Å². The molecule has 7 heteroatoms. The van der Waals surface area contributed by atoms with E-state index in [0.29, 0.717) is 16.6 Å². The summed E-state index contributed by atoms with van der Waals surface area (Å²) in [5, 5.41) is 0.643. The maximum absolute atomic E-state index is 6.48. The Kier molecular flexibility index (Phi) is 6.14. The molecule has 0 aliphatic heterocycles. The zero-order valence-corrected chi connectivity index (χ0v) is 21.0. The standard InChI is InChI=1S/C24H33ClN4OSi/c1-24(2,3)31(4,5)30-19-12-8-9-17(15-19)13-14-29-16-26-20-21(25)27-22(28-23(20)29)18-10-6-7-11-18/h8-9,12,15-16,18H,6-7,10-11,13-14H2,1-5H3. The van der Waals surface area contributed by atoms with E-state index in [9.17, 15) is 0 Å². The number of aromatic nitrogens is 4. The van der Waals surface area contributed by atoms with Crippen molar-refractivity contribution in [1.29, 1.82) is 0 Å². The molecule has 0 unspecified atom stereocenters. The number of benzene rings is 1. The third kappa shape index (κ3) is 4.80. The van der Waals surface area contributed by atoms with Crippen LogP contribution < -0.4 is 4.43 Å². The Morgan fingerprint density at radius 2 is 1.90 bits per heavy atom. The molecule has 0 radical (unpaired) electrons. The van der Waals surface area contributed by atoms with Gasteiger partial charge in [0.2, 0.25) is 8.32 Å². The molecule has 31 heavy (non-hydrogen) atoms. The topological polar surface area (TPSA) is 52.8 Å². The van der Waals surface area contributed by atoms with Gasteiger partial charge in [0.25, 0.3) is 0 Å². The second-order valence-corrected chi connectivity index (χ2v) is 15.3. The minimum atomic E-state index is -1.85. The van der Waals surface area contributed by atoms with Crippen LogP contribution in [0, 0.1) is 0 Å². The van der Waals surface area contributed by atoms with Gasteiger partial charge < -0.3 is 8.99 Å². The van der Waals surface area contributed by atoms with Crippen molar-refractivity contribution >= 4 is 31.1 Å². The number of imidazole rings is 1. The molecule has 1 fully saturated rings. The first-order chi connectivity index (χ1) is 14.6. The quantitative estimate of drug-likeness (QED) is 0.303. The maximum Gasteiger partial charge on any atom is 0.250 e. The smallest absolute Gasteiger partial charge is 0.250 e. The van der Waals surface area contributed by atoms with Crippen molar-refractivity contribution in [3.05, 3.63) is 47.1 Å². The maximum atomic E-state index is 6.48. The van der Waals surface area contributed by atoms with Gasteiger partial charge in [-0.3, -0.25) is 0 Å². The molecule has 1 aliphatic carbocycles. The van der Waals surface area contributed by atoms with E-state index in [1.165, 1.54) is 18.4 Å². The number of fused-ring (bicyclic) bond motifs is 1. The molecule has 0 bridgehead atoms. The molecule has 4 rings (SSSR count). The van der Waals surface area contributed by atoms with Gasteiger partial charge in [-0.25, -0.2) is 15.0 Å². The van der Waals surface area contributed by atoms with Crippen LogP contribution in [0.3, 0.4) is 0 Å².